The van der Waals surface area contributed by atoms with Crippen LogP contribution in [0, 0.1) is 0 Å². The van der Waals surface area contributed by atoms with Crippen LogP contribution < -0.4 is 0 Å². The summed E-state index contributed by atoms with van der Waals surface area (Å²) >= 11 is 0. The molecule has 0 aliphatic carbocycles. The van der Waals surface area contributed by atoms with Crippen LogP contribution in [0.25, 0.3) is 0 Å². The number of rotatable bonds is 6. The average molecular weight is 307 g/mol. The Morgan fingerprint density at radius 2 is 1.71 bits per heavy atom. The maximum absolute atomic E-state index is 10.7. The zero-order valence-corrected chi connectivity index (χ0v) is 15.3. The Kier molecular flexibility index (Phi) is 5.97. The zero-order chi connectivity index (χ0) is 16.3. The molecule has 0 saturated heterocycles. The highest BCUT2D eigenvalue weighted by atomic mass is 28.4. The Hall–Kier alpha value is -0.903. The van der Waals surface area contributed by atoms with Crippen molar-refractivity contribution in [1.82, 2.24) is 0 Å². The molecular weight excluding hydrogens is 276 g/mol. The van der Waals surface area contributed by atoms with E-state index < -0.39 is 14.4 Å². The first kappa shape index (κ1) is 18.1. The maximum Gasteiger partial charge on any atom is 0.192 e. The van der Waals surface area contributed by atoms with Crippen LogP contribution in [0.4, 0.5) is 0 Å². The normalized spacial score (nSPS) is 17.1. The van der Waals surface area contributed by atoms with E-state index in [0.717, 1.165) is 5.56 Å². The molecule has 0 aliphatic heterocycles. The number of aliphatic hydroxyl groups is 1. The quantitative estimate of drug-likeness (QED) is 0.608. The monoisotopic (exact) mass is 306 g/mol. The van der Waals surface area contributed by atoms with Gasteiger partial charge in [0.05, 0.1) is 12.2 Å². The van der Waals surface area contributed by atoms with Crippen molar-refractivity contribution in [3.63, 3.8) is 0 Å². The highest BCUT2D eigenvalue weighted by molar-refractivity contribution is 6.74. The fourth-order valence-corrected chi connectivity index (χ4v) is 3.57. The molecule has 3 atom stereocenters. The van der Waals surface area contributed by atoms with Gasteiger partial charge in [0.15, 0.2) is 8.32 Å². The van der Waals surface area contributed by atoms with Crippen LogP contribution in [0.15, 0.2) is 43.0 Å². The van der Waals surface area contributed by atoms with Gasteiger partial charge in [-0.2, -0.15) is 0 Å². The third kappa shape index (κ3) is 4.53. The molecule has 118 valence electrons. The Labute approximate surface area is 131 Å². The predicted molar refractivity (Wildman–Crippen MR) is 93.1 cm³/mol. The van der Waals surface area contributed by atoms with E-state index in [1.54, 1.807) is 0 Å². The Morgan fingerprint density at radius 3 is 2.14 bits per heavy atom. The van der Waals surface area contributed by atoms with Gasteiger partial charge >= 0.3 is 0 Å². The molecule has 0 bridgehead atoms. The minimum absolute atomic E-state index is 0.106. The first-order valence-electron chi connectivity index (χ1n) is 7.63. The average Bonchev–Trinajstić information content (AvgIpc) is 2.38. The van der Waals surface area contributed by atoms with Crippen molar-refractivity contribution in [2.75, 3.05) is 0 Å². The standard InChI is InChI=1S/C18H30O2Si/c1-8-16(15-12-10-9-11-13-15)17(19)14(2)20-21(6,7)18(3,4)5/h8-14,16-17,19H,1H2,2-7H3/t14-,16-,17-/m1/s1. The van der Waals surface area contributed by atoms with Gasteiger partial charge < -0.3 is 9.53 Å². The van der Waals surface area contributed by atoms with Crippen molar-refractivity contribution < 1.29 is 9.53 Å². The highest BCUT2D eigenvalue weighted by Gasteiger charge is 2.40. The van der Waals surface area contributed by atoms with Crippen LogP contribution in [-0.2, 0) is 4.43 Å². The fraction of sp³-hybridized carbons (Fsp3) is 0.556. The zero-order valence-electron chi connectivity index (χ0n) is 14.3. The van der Waals surface area contributed by atoms with Crippen molar-refractivity contribution in [3.8, 4) is 0 Å². The van der Waals surface area contributed by atoms with Crippen LogP contribution in [-0.4, -0.2) is 25.6 Å². The van der Waals surface area contributed by atoms with Gasteiger partial charge in [0.25, 0.3) is 0 Å². The summed E-state index contributed by atoms with van der Waals surface area (Å²) in [4.78, 5) is 0. The van der Waals surface area contributed by atoms with Gasteiger partial charge in [-0.3, -0.25) is 0 Å². The summed E-state index contributed by atoms with van der Waals surface area (Å²) in [5, 5.41) is 10.8. The number of hydrogen-bond donors (Lipinski definition) is 1. The van der Waals surface area contributed by atoms with E-state index in [0.29, 0.717) is 0 Å². The Balaban J connectivity index is 2.86. The largest absolute Gasteiger partial charge is 0.412 e. The molecule has 0 saturated carbocycles. The van der Waals surface area contributed by atoms with Gasteiger partial charge in [-0.15, -0.1) is 6.58 Å². The number of benzene rings is 1. The molecule has 2 nitrogen and oxygen atoms in total. The summed E-state index contributed by atoms with van der Waals surface area (Å²) in [5.41, 5.74) is 1.07. The van der Waals surface area contributed by atoms with Gasteiger partial charge in [-0.25, -0.2) is 0 Å². The van der Waals surface area contributed by atoms with Crippen molar-refractivity contribution in [2.45, 2.75) is 64.0 Å². The molecule has 1 N–H and O–H groups in total. The van der Waals surface area contributed by atoms with Gasteiger partial charge in [0.1, 0.15) is 0 Å². The molecule has 0 radical (unpaired) electrons. The molecule has 0 aromatic heterocycles. The molecule has 0 aliphatic rings. The smallest absolute Gasteiger partial charge is 0.192 e. The molecule has 0 amide bonds. The fourth-order valence-electron chi connectivity index (χ4n) is 2.15. The van der Waals surface area contributed by atoms with Crippen LogP contribution >= 0.6 is 0 Å². The summed E-state index contributed by atoms with van der Waals surface area (Å²) < 4.78 is 6.31. The van der Waals surface area contributed by atoms with Crippen LogP contribution in [0.3, 0.4) is 0 Å². The summed E-state index contributed by atoms with van der Waals surface area (Å²) in [6, 6.07) is 9.99. The van der Waals surface area contributed by atoms with E-state index in [1.807, 2.05) is 43.3 Å². The van der Waals surface area contributed by atoms with E-state index in [2.05, 4.69) is 40.4 Å². The lowest BCUT2D eigenvalue weighted by atomic mass is 9.91. The van der Waals surface area contributed by atoms with E-state index in [1.165, 1.54) is 0 Å². The minimum Gasteiger partial charge on any atom is -0.412 e. The summed E-state index contributed by atoms with van der Waals surface area (Å²) in [5.74, 6) is -0.106. The highest BCUT2D eigenvalue weighted by Crippen LogP contribution is 2.38. The van der Waals surface area contributed by atoms with Crippen molar-refractivity contribution in [1.29, 1.82) is 0 Å². The first-order chi connectivity index (χ1) is 9.60. The maximum atomic E-state index is 10.7. The van der Waals surface area contributed by atoms with Crippen molar-refractivity contribution in [3.05, 3.63) is 48.6 Å². The summed E-state index contributed by atoms with van der Waals surface area (Å²) in [6.45, 7) is 16.9. The van der Waals surface area contributed by atoms with Crippen LogP contribution in [0.5, 0.6) is 0 Å². The molecular formula is C18H30O2Si. The lowest BCUT2D eigenvalue weighted by Gasteiger charge is -2.40. The third-order valence-corrected chi connectivity index (χ3v) is 9.15. The number of hydrogen-bond acceptors (Lipinski definition) is 2. The van der Waals surface area contributed by atoms with Gasteiger partial charge in [-0.05, 0) is 30.6 Å². The first-order valence-corrected chi connectivity index (χ1v) is 10.5. The second kappa shape index (κ2) is 6.90. The summed E-state index contributed by atoms with van der Waals surface area (Å²) in [7, 11) is -1.88. The molecule has 1 aromatic carbocycles. The van der Waals surface area contributed by atoms with E-state index >= 15 is 0 Å². The summed E-state index contributed by atoms with van der Waals surface area (Å²) in [6.07, 6.45) is 1.01. The Bertz CT molecular complexity index is 448. The minimum atomic E-state index is -1.88. The SMILES string of the molecule is C=C[C@H](c1ccccc1)[C@H](O)[C@@H](C)O[Si](C)(C)C(C)(C)C. The molecule has 3 heteroatoms. The lowest BCUT2D eigenvalue weighted by molar-refractivity contribution is 0.0299. The molecule has 0 unspecified atom stereocenters. The van der Waals surface area contributed by atoms with Crippen molar-refractivity contribution in [2.24, 2.45) is 0 Å². The van der Waals surface area contributed by atoms with Gasteiger partial charge in [0.2, 0.25) is 0 Å². The van der Waals surface area contributed by atoms with Crippen LogP contribution in [0.1, 0.15) is 39.2 Å². The van der Waals surface area contributed by atoms with Gasteiger partial charge in [-0.1, -0.05) is 57.2 Å². The van der Waals surface area contributed by atoms with E-state index in [4.69, 9.17) is 4.43 Å². The molecule has 21 heavy (non-hydrogen) atoms. The van der Waals surface area contributed by atoms with Gasteiger partial charge in [0, 0.05) is 5.92 Å². The molecule has 0 spiro atoms. The van der Waals surface area contributed by atoms with Crippen molar-refractivity contribution >= 4 is 8.32 Å². The van der Waals surface area contributed by atoms with E-state index in [-0.39, 0.29) is 17.1 Å². The molecule has 0 heterocycles. The predicted octanol–water partition coefficient (Wildman–Crippen LogP) is 4.73. The second-order valence-electron chi connectivity index (χ2n) is 7.25. The Morgan fingerprint density at radius 1 is 1.19 bits per heavy atom. The topological polar surface area (TPSA) is 29.5 Å². The molecule has 1 rings (SSSR count). The lowest BCUT2D eigenvalue weighted by Crippen LogP contribution is -2.47. The molecule has 0 fully saturated rings. The van der Waals surface area contributed by atoms with Crippen LogP contribution in [0.2, 0.25) is 18.1 Å². The third-order valence-electron chi connectivity index (χ3n) is 4.57. The van der Waals surface area contributed by atoms with E-state index in [9.17, 15) is 5.11 Å². The second-order valence-corrected chi connectivity index (χ2v) is 12.0. The number of aliphatic hydroxyl groups excluding tert-OH is 1. The molecule has 1 aromatic rings.